The van der Waals surface area contributed by atoms with Crippen molar-refractivity contribution in [3.63, 3.8) is 0 Å². The number of rotatable bonds is 4. The van der Waals surface area contributed by atoms with Crippen LogP contribution in [0.2, 0.25) is 0 Å². The Morgan fingerprint density at radius 1 is 0.955 bits per heavy atom. The van der Waals surface area contributed by atoms with Crippen LogP contribution < -0.4 is 10.6 Å². The second-order valence-electron chi connectivity index (χ2n) is 5.53. The van der Waals surface area contributed by atoms with Gasteiger partial charge in [0.25, 0.3) is 0 Å². The van der Waals surface area contributed by atoms with Gasteiger partial charge < -0.3 is 10.6 Å². The number of nitrogens with one attached hydrogen (secondary N) is 2. The smallest absolute Gasteiger partial charge is 0.161 e. The average Bonchev–Trinajstić information content (AvgIpc) is 2.98. The first-order valence-corrected chi connectivity index (χ1v) is 7.27. The minimum absolute atomic E-state index is 0.0282. The molecule has 116 valence electrons. The predicted molar refractivity (Wildman–Crippen MR) is 79.0 cm³/mol. The highest BCUT2D eigenvalue weighted by atomic mass is 19.2. The van der Waals surface area contributed by atoms with Crippen LogP contribution in [-0.4, -0.2) is 19.1 Å². The number of benzene rings is 2. The summed E-state index contributed by atoms with van der Waals surface area (Å²) in [7, 11) is 0. The molecule has 22 heavy (non-hydrogen) atoms. The van der Waals surface area contributed by atoms with E-state index >= 15 is 0 Å². The lowest BCUT2D eigenvalue weighted by atomic mass is 9.93. The molecular weight excluding hydrogens is 289 g/mol. The summed E-state index contributed by atoms with van der Waals surface area (Å²) < 4.78 is 40.4. The van der Waals surface area contributed by atoms with Gasteiger partial charge >= 0.3 is 0 Å². The van der Waals surface area contributed by atoms with Crippen molar-refractivity contribution in [1.82, 2.24) is 10.6 Å². The Balaban J connectivity index is 1.74. The van der Waals surface area contributed by atoms with E-state index in [0.29, 0.717) is 25.7 Å². The molecule has 2 N–H and O–H groups in total. The summed E-state index contributed by atoms with van der Waals surface area (Å²) in [5.74, 6) is -3.08. The SMILES string of the molecule is Fc1cc(F)c(C2CNCC2NCc2ccccc2)cc1F. The summed E-state index contributed by atoms with van der Waals surface area (Å²) in [5.41, 5.74) is 1.34. The van der Waals surface area contributed by atoms with E-state index in [4.69, 9.17) is 0 Å². The highest BCUT2D eigenvalue weighted by molar-refractivity contribution is 5.27. The fourth-order valence-corrected chi connectivity index (χ4v) is 2.89. The zero-order valence-electron chi connectivity index (χ0n) is 12.0. The van der Waals surface area contributed by atoms with Crippen molar-refractivity contribution in [2.45, 2.75) is 18.5 Å². The lowest BCUT2D eigenvalue weighted by Gasteiger charge is -2.21. The number of hydrogen-bond donors (Lipinski definition) is 2. The van der Waals surface area contributed by atoms with E-state index in [0.717, 1.165) is 11.6 Å². The summed E-state index contributed by atoms with van der Waals surface area (Å²) in [5, 5.41) is 6.54. The molecule has 0 aliphatic carbocycles. The fourth-order valence-electron chi connectivity index (χ4n) is 2.89. The first-order valence-electron chi connectivity index (χ1n) is 7.27. The van der Waals surface area contributed by atoms with Crippen molar-refractivity contribution in [3.05, 3.63) is 71.0 Å². The van der Waals surface area contributed by atoms with Crippen LogP contribution >= 0.6 is 0 Å². The molecule has 0 aromatic heterocycles. The van der Waals surface area contributed by atoms with Crippen LogP contribution in [0.3, 0.4) is 0 Å². The standard InChI is InChI=1S/C17H17F3N2/c18-14-7-16(20)15(19)6-12(14)13-9-21-10-17(13)22-8-11-4-2-1-3-5-11/h1-7,13,17,21-22H,8-10H2. The molecule has 1 aliphatic heterocycles. The molecule has 5 heteroatoms. The average molecular weight is 306 g/mol. The maximum absolute atomic E-state index is 14.0. The van der Waals surface area contributed by atoms with Crippen LogP contribution in [0.15, 0.2) is 42.5 Å². The first-order chi connectivity index (χ1) is 10.6. The van der Waals surface area contributed by atoms with Gasteiger partial charge in [-0.25, -0.2) is 13.2 Å². The van der Waals surface area contributed by atoms with E-state index < -0.39 is 17.5 Å². The van der Waals surface area contributed by atoms with Crippen LogP contribution in [0.4, 0.5) is 13.2 Å². The molecule has 0 saturated carbocycles. The lowest BCUT2D eigenvalue weighted by molar-refractivity contribution is 0.462. The second-order valence-corrected chi connectivity index (χ2v) is 5.53. The summed E-state index contributed by atoms with van der Waals surface area (Å²) in [6, 6.07) is 11.4. The molecule has 2 atom stereocenters. The van der Waals surface area contributed by atoms with Gasteiger partial charge in [0.15, 0.2) is 11.6 Å². The van der Waals surface area contributed by atoms with Gasteiger partial charge in [0.1, 0.15) is 5.82 Å². The van der Waals surface area contributed by atoms with Crippen molar-refractivity contribution in [2.24, 2.45) is 0 Å². The van der Waals surface area contributed by atoms with Crippen molar-refractivity contribution < 1.29 is 13.2 Å². The van der Waals surface area contributed by atoms with Gasteiger partial charge in [-0.2, -0.15) is 0 Å². The molecule has 0 spiro atoms. The molecule has 2 nitrogen and oxygen atoms in total. The molecule has 2 aromatic carbocycles. The van der Waals surface area contributed by atoms with E-state index in [1.807, 2.05) is 30.3 Å². The minimum Gasteiger partial charge on any atom is -0.314 e. The zero-order chi connectivity index (χ0) is 15.5. The van der Waals surface area contributed by atoms with Crippen LogP contribution in [0.25, 0.3) is 0 Å². The largest absolute Gasteiger partial charge is 0.314 e. The second kappa shape index (κ2) is 6.50. The Morgan fingerprint density at radius 2 is 1.68 bits per heavy atom. The Kier molecular flexibility index (Phi) is 4.45. The topological polar surface area (TPSA) is 24.1 Å². The maximum atomic E-state index is 14.0. The summed E-state index contributed by atoms with van der Waals surface area (Å²) in [4.78, 5) is 0. The highest BCUT2D eigenvalue weighted by Crippen LogP contribution is 2.27. The molecule has 1 fully saturated rings. The first kappa shape index (κ1) is 15.1. The number of hydrogen-bond acceptors (Lipinski definition) is 2. The molecular formula is C17H17F3N2. The third kappa shape index (κ3) is 3.15. The predicted octanol–water partition coefficient (Wildman–Crippen LogP) is 2.95. The summed E-state index contributed by atoms with van der Waals surface area (Å²) in [6.45, 7) is 1.85. The molecule has 1 aliphatic rings. The summed E-state index contributed by atoms with van der Waals surface area (Å²) in [6.07, 6.45) is 0. The Morgan fingerprint density at radius 3 is 2.45 bits per heavy atom. The summed E-state index contributed by atoms with van der Waals surface area (Å²) >= 11 is 0. The third-order valence-corrected chi connectivity index (χ3v) is 4.06. The van der Waals surface area contributed by atoms with Gasteiger partial charge in [-0.1, -0.05) is 30.3 Å². The van der Waals surface area contributed by atoms with Crippen LogP contribution in [-0.2, 0) is 6.54 Å². The van der Waals surface area contributed by atoms with Crippen molar-refractivity contribution in [2.75, 3.05) is 13.1 Å². The maximum Gasteiger partial charge on any atom is 0.161 e. The van der Waals surface area contributed by atoms with Gasteiger partial charge in [-0.15, -0.1) is 0 Å². The molecule has 2 aromatic rings. The van der Waals surface area contributed by atoms with Gasteiger partial charge in [-0.3, -0.25) is 0 Å². The van der Waals surface area contributed by atoms with Gasteiger partial charge in [0.2, 0.25) is 0 Å². The molecule has 0 radical (unpaired) electrons. The van der Waals surface area contributed by atoms with Gasteiger partial charge in [-0.05, 0) is 17.2 Å². The van der Waals surface area contributed by atoms with Gasteiger partial charge in [0, 0.05) is 37.7 Å². The Labute approximate surface area is 127 Å². The Bertz CT molecular complexity index is 646. The quantitative estimate of drug-likeness (QED) is 0.849. The molecule has 0 bridgehead atoms. The lowest BCUT2D eigenvalue weighted by Crippen LogP contribution is -2.34. The molecule has 1 heterocycles. The van der Waals surface area contributed by atoms with E-state index in [2.05, 4.69) is 10.6 Å². The monoisotopic (exact) mass is 306 g/mol. The van der Waals surface area contributed by atoms with E-state index in [9.17, 15) is 13.2 Å². The van der Waals surface area contributed by atoms with Crippen LogP contribution in [0, 0.1) is 17.5 Å². The van der Waals surface area contributed by atoms with Crippen LogP contribution in [0.5, 0.6) is 0 Å². The van der Waals surface area contributed by atoms with E-state index in [-0.39, 0.29) is 17.5 Å². The highest BCUT2D eigenvalue weighted by Gasteiger charge is 2.30. The third-order valence-electron chi connectivity index (χ3n) is 4.06. The fraction of sp³-hybridized carbons (Fsp3) is 0.294. The van der Waals surface area contributed by atoms with Crippen LogP contribution in [0.1, 0.15) is 17.0 Å². The Hall–Kier alpha value is -1.85. The number of halogens is 3. The van der Waals surface area contributed by atoms with E-state index in [1.54, 1.807) is 0 Å². The van der Waals surface area contributed by atoms with Crippen molar-refractivity contribution in [1.29, 1.82) is 0 Å². The molecule has 1 saturated heterocycles. The zero-order valence-corrected chi connectivity index (χ0v) is 12.0. The van der Waals surface area contributed by atoms with Gasteiger partial charge in [0.05, 0.1) is 0 Å². The molecule has 0 amide bonds. The molecule has 2 unspecified atom stereocenters. The normalized spacial score (nSPS) is 21.2. The van der Waals surface area contributed by atoms with E-state index in [1.165, 1.54) is 0 Å². The minimum atomic E-state index is -1.15. The van der Waals surface area contributed by atoms with Crippen molar-refractivity contribution >= 4 is 0 Å². The van der Waals surface area contributed by atoms with Crippen molar-refractivity contribution in [3.8, 4) is 0 Å². The molecule has 3 rings (SSSR count).